The third-order valence-corrected chi connectivity index (χ3v) is 4.04. The van der Waals surface area contributed by atoms with Crippen LogP contribution in [0.25, 0.3) is 0 Å². The molecule has 23 heavy (non-hydrogen) atoms. The lowest BCUT2D eigenvalue weighted by atomic mass is 10.0. The van der Waals surface area contributed by atoms with Gasteiger partial charge in [-0.2, -0.15) is 0 Å². The Morgan fingerprint density at radius 2 is 2.00 bits per heavy atom. The highest BCUT2D eigenvalue weighted by molar-refractivity contribution is 9.10. The minimum atomic E-state index is -0.679. The summed E-state index contributed by atoms with van der Waals surface area (Å²) in [6.45, 7) is 4.18. The number of hydrogen-bond acceptors (Lipinski definition) is 3. The summed E-state index contributed by atoms with van der Waals surface area (Å²) in [5.41, 5.74) is 1.11. The van der Waals surface area contributed by atoms with Gasteiger partial charge in [0.1, 0.15) is 11.6 Å². The van der Waals surface area contributed by atoms with Crippen molar-refractivity contribution in [2.45, 2.75) is 25.9 Å². The van der Waals surface area contributed by atoms with E-state index in [1.165, 1.54) is 18.2 Å². The monoisotopic (exact) mass is 380 g/mol. The molecule has 0 unspecified atom stereocenters. The summed E-state index contributed by atoms with van der Waals surface area (Å²) >= 11 is 3.21. The summed E-state index contributed by atoms with van der Waals surface area (Å²) < 4.78 is 19.1. The van der Waals surface area contributed by atoms with Crippen LogP contribution in [0, 0.1) is 5.82 Å². The summed E-state index contributed by atoms with van der Waals surface area (Å²) in [5, 5.41) is 2.86. The topological polar surface area (TPSA) is 51.2 Å². The van der Waals surface area contributed by atoms with E-state index >= 15 is 0 Å². The first-order valence-corrected chi connectivity index (χ1v) is 8.06. The Morgan fingerprint density at radius 1 is 1.30 bits per heavy atom. The predicted molar refractivity (Wildman–Crippen MR) is 89.9 cm³/mol. The molecule has 6 heteroatoms. The molecule has 1 N–H and O–H groups in total. The molecule has 1 aromatic heterocycles. The molecule has 2 rings (SSSR count). The van der Waals surface area contributed by atoms with Crippen LogP contribution < -0.4 is 10.1 Å². The highest BCUT2D eigenvalue weighted by Gasteiger charge is 2.17. The number of pyridine rings is 1. The number of nitrogens with zero attached hydrogens (tertiary/aromatic N) is 1. The lowest BCUT2D eigenvalue weighted by Crippen LogP contribution is -2.38. The zero-order chi connectivity index (χ0) is 16.8. The summed E-state index contributed by atoms with van der Waals surface area (Å²) in [6, 6.07) is 7.92. The Morgan fingerprint density at radius 3 is 2.65 bits per heavy atom. The standard InChI is InChI=1S/C17H18BrFN2O2/c1-11(13-5-7-20-8-6-13)10-21-17(22)12(2)23-16-4-3-14(19)9-15(16)18/h3-9,11-12H,10H2,1-2H3,(H,21,22)/t11-,12+/m0/s1. The first kappa shape index (κ1) is 17.4. The molecule has 0 radical (unpaired) electrons. The number of rotatable bonds is 6. The summed E-state index contributed by atoms with van der Waals surface area (Å²) in [5.74, 6) is 0.0116. The van der Waals surface area contributed by atoms with Gasteiger partial charge in [0.15, 0.2) is 6.10 Å². The molecule has 0 saturated carbocycles. The van der Waals surface area contributed by atoms with Crippen LogP contribution in [0.4, 0.5) is 4.39 Å². The largest absolute Gasteiger partial charge is 0.480 e. The summed E-state index contributed by atoms with van der Waals surface area (Å²) in [6.07, 6.45) is 2.78. The van der Waals surface area contributed by atoms with Crippen molar-refractivity contribution >= 4 is 21.8 Å². The molecule has 122 valence electrons. The van der Waals surface area contributed by atoms with Gasteiger partial charge in [-0.25, -0.2) is 4.39 Å². The maximum Gasteiger partial charge on any atom is 0.260 e. The SMILES string of the molecule is C[C@@H](Oc1ccc(F)cc1Br)C(=O)NC[C@H](C)c1ccncc1. The Bertz CT molecular complexity index is 667. The number of halogens is 2. The molecule has 2 atom stereocenters. The maximum absolute atomic E-state index is 13.0. The van der Waals surface area contributed by atoms with E-state index in [-0.39, 0.29) is 17.6 Å². The predicted octanol–water partition coefficient (Wildman–Crippen LogP) is 3.67. The highest BCUT2D eigenvalue weighted by atomic mass is 79.9. The van der Waals surface area contributed by atoms with E-state index in [1.54, 1.807) is 19.3 Å². The second-order valence-corrected chi connectivity index (χ2v) is 6.12. The van der Waals surface area contributed by atoms with Crippen molar-refractivity contribution in [2.75, 3.05) is 6.54 Å². The lowest BCUT2D eigenvalue weighted by Gasteiger charge is -2.18. The summed E-state index contributed by atoms with van der Waals surface area (Å²) in [4.78, 5) is 16.1. The average Bonchev–Trinajstić information content (AvgIpc) is 2.55. The van der Waals surface area contributed by atoms with Gasteiger partial charge >= 0.3 is 0 Å². The summed E-state index contributed by atoms with van der Waals surface area (Å²) in [7, 11) is 0. The third-order valence-electron chi connectivity index (χ3n) is 3.42. The Labute approximate surface area is 143 Å². The Kier molecular flexibility index (Phi) is 6.10. The van der Waals surface area contributed by atoms with Crippen LogP contribution in [0.2, 0.25) is 0 Å². The number of nitrogens with one attached hydrogen (secondary N) is 1. The van der Waals surface area contributed by atoms with Crippen LogP contribution in [0.15, 0.2) is 47.2 Å². The fraction of sp³-hybridized carbons (Fsp3) is 0.294. The normalized spacial score (nSPS) is 13.2. The van der Waals surface area contributed by atoms with Crippen LogP contribution in [0.5, 0.6) is 5.75 Å². The van der Waals surface area contributed by atoms with Crippen molar-refractivity contribution in [3.8, 4) is 5.75 Å². The van der Waals surface area contributed by atoms with Gasteiger partial charge < -0.3 is 10.1 Å². The molecule has 0 aliphatic carbocycles. The van der Waals surface area contributed by atoms with Crippen LogP contribution in [0.3, 0.4) is 0 Å². The van der Waals surface area contributed by atoms with Crippen LogP contribution in [-0.2, 0) is 4.79 Å². The molecular formula is C17H18BrFN2O2. The molecule has 0 spiro atoms. The highest BCUT2D eigenvalue weighted by Crippen LogP contribution is 2.26. The van der Waals surface area contributed by atoms with E-state index in [2.05, 4.69) is 26.2 Å². The molecule has 0 aliphatic heterocycles. The van der Waals surface area contributed by atoms with Crippen LogP contribution >= 0.6 is 15.9 Å². The minimum absolute atomic E-state index is 0.173. The Balaban J connectivity index is 1.87. The zero-order valence-electron chi connectivity index (χ0n) is 12.9. The first-order chi connectivity index (χ1) is 11.0. The second kappa shape index (κ2) is 8.06. The van der Waals surface area contributed by atoms with Gasteiger partial charge in [0.2, 0.25) is 0 Å². The average molecular weight is 381 g/mol. The molecule has 1 heterocycles. The fourth-order valence-corrected chi connectivity index (χ4v) is 2.47. The first-order valence-electron chi connectivity index (χ1n) is 7.26. The number of amides is 1. The van der Waals surface area contributed by atoms with Crippen LogP contribution in [0.1, 0.15) is 25.3 Å². The van der Waals surface area contributed by atoms with Gasteiger partial charge in [-0.15, -0.1) is 0 Å². The molecule has 0 fully saturated rings. The van der Waals surface area contributed by atoms with Crippen molar-refractivity contribution in [2.24, 2.45) is 0 Å². The number of carbonyl (C=O) groups is 1. The van der Waals surface area contributed by atoms with Gasteiger partial charge in [-0.3, -0.25) is 9.78 Å². The van der Waals surface area contributed by atoms with Crippen molar-refractivity contribution in [1.82, 2.24) is 10.3 Å². The molecule has 0 aliphatic rings. The van der Waals surface area contributed by atoms with Gasteiger partial charge in [0.25, 0.3) is 5.91 Å². The second-order valence-electron chi connectivity index (χ2n) is 5.26. The van der Waals surface area contributed by atoms with Gasteiger partial charge in [-0.05, 0) is 64.7 Å². The van der Waals surface area contributed by atoms with E-state index in [0.717, 1.165) is 5.56 Å². The smallest absolute Gasteiger partial charge is 0.260 e. The number of ether oxygens (including phenoxy) is 1. The fourth-order valence-electron chi connectivity index (χ4n) is 2.02. The molecular weight excluding hydrogens is 363 g/mol. The van der Waals surface area contributed by atoms with Gasteiger partial charge in [-0.1, -0.05) is 6.92 Å². The number of carbonyl (C=O) groups excluding carboxylic acids is 1. The number of benzene rings is 1. The van der Waals surface area contributed by atoms with Crippen molar-refractivity contribution in [3.05, 3.63) is 58.6 Å². The molecule has 1 amide bonds. The molecule has 0 saturated heterocycles. The quantitative estimate of drug-likeness (QED) is 0.831. The van der Waals surface area contributed by atoms with E-state index in [4.69, 9.17) is 4.74 Å². The maximum atomic E-state index is 13.0. The van der Waals surface area contributed by atoms with Crippen LogP contribution in [-0.4, -0.2) is 23.5 Å². The lowest BCUT2D eigenvalue weighted by molar-refractivity contribution is -0.127. The van der Waals surface area contributed by atoms with E-state index in [9.17, 15) is 9.18 Å². The van der Waals surface area contributed by atoms with Crippen molar-refractivity contribution in [1.29, 1.82) is 0 Å². The van der Waals surface area contributed by atoms with Gasteiger partial charge in [0, 0.05) is 18.9 Å². The van der Waals surface area contributed by atoms with Gasteiger partial charge in [0.05, 0.1) is 4.47 Å². The number of hydrogen-bond donors (Lipinski definition) is 1. The molecule has 0 bridgehead atoms. The molecule has 4 nitrogen and oxygen atoms in total. The van der Waals surface area contributed by atoms with Crippen molar-refractivity contribution in [3.63, 3.8) is 0 Å². The van der Waals surface area contributed by atoms with E-state index < -0.39 is 6.10 Å². The van der Waals surface area contributed by atoms with Crippen molar-refractivity contribution < 1.29 is 13.9 Å². The van der Waals surface area contributed by atoms with E-state index in [0.29, 0.717) is 16.8 Å². The number of aromatic nitrogens is 1. The molecule has 1 aromatic carbocycles. The zero-order valence-corrected chi connectivity index (χ0v) is 14.5. The Hall–Kier alpha value is -1.95. The minimum Gasteiger partial charge on any atom is -0.480 e. The van der Waals surface area contributed by atoms with E-state index in [1.807, 2.05) is 19.1 Å². The molecule has 2 aromatic rings. The third kappa shape index (κ3) is 5.03.